The van der Waals surface area contributed by atoms with Crippen molar-refractivity contribution in [3.63, 3.8) is 0 Å². The van der Waals surface area contributed by atoms with Crippen LogP contribution >= 0.6 is 0 Å². The lowest BCUT2D eigenvalue weighted by molar-refractivity contribution is -0.137. The molecular weight excluding hydrogens is 256 g/mol. The molecule has 112 valence electrons. The molecule has 0 aliphatic carbocycles. The molecule has 2 heterocycles. The van der Waals surface area contributed by atoms with E-state index in [0.29, 0.717) is 24.1 Å². The zero-order chi connectivity index (χ0) is 14.5. The van der Waals surface area contributed by atoms with E-state index in [1.807, 2.05) is 0 Å². The Kier molecular flexibility index (Phi) is 5.17. The van der Waals surface area contributed by atoms with E-state index < -0.39 is 5.97 Å². The van der Waals surface area contributed by atoms with Crippen LogP contribution in [-0.2, 0) is 17.6 Å². The molecule has 20 heavy (non-hydrogen) atoms. The third-order valence-corrected chi connectivity index (χ3v) is 3.93. The molecule has 0 amide bonds. The lowest BCUT2D eigenvalue weighted by atomic mass is 9.94. The predicted octanol–water partition coefficient (Wildman–Crippen LogP) is 2.35. The molecule has 0 aromatic carbocycles. The van der Waals surface area contributed by atoms with Crippen LogP contribution in [-0.4, -0.2) is 40.1 Å². The fourth-order valence-corrected chi connectivity index (χ4v) is 2.77. The maximum absolute atomic E-state index is 10.5. The van der Waals surface area contributed by atoms with E-state index in [-0.39, 0.29) is 6.42 Å². The number of nitrogens with zero attached hydrogens (tertiary/aromatic N) is 2. The molecule has 5 heteroatoms. The zero-order valence-electron chi connectivity index (χ0n) is 12.3. The Morgan fingerprint density at radius 2 is 2.40 bits per heavy atom. The minimum absolute atomic E-state index is 0.0964. The van der Waals surface area contributed by atoms with Crippen molar-refractivity contribution in [2.75, 3.05) is 13.1 Å². The van der Waals surface area contributed by atoms with E-state index in [4.69, 9.17) is 9.52 Å². The van der Waals surface area contributed by atoms with Gasteiger partial charge in [0.25, 0.3) is 0 Å². The Balaban J connectivity index is 1.85. The molecule has 0 saturated carbocycles. The fraction of sp³-hybridized carbons (Fsp3) is 0.733. The van der Waals surface area contributed by atoms with E-state index >= 15 is 0 Å². The molecule has 1 aliphatic heterocycles. The smallest absolute Gasteiger partial charge is 0.303 e. The predicted molar refractivity (Wildman–Crippen MR) is 75.6 cm³/mol. The van der Waals surface area contributed by atoms with Gasteiger partial charge in [-0.3, -0.25) is 4.79 Å². The summed E-state index contributed by atoms with van der Waals surface area (Å²) in [5, 5.41) is 8.66. The molecule has 1 aliphatic rings. The summed E-state index contributed by atoms with van der Waals surface area (Å²) in [4.78, 5) is 17.3. The molecule has 1 saturated heterocycles. The summed E-state index contributed by atoms with van der Waals surface area (Å²) < 4.78 is 5.64. The number of oxazole rings is 1. The molecule has 0 spiro atoms. The number of aliphatic carboxylic acids is 1. The van der Waals surface area contributed by atoms with Crippen molar-refractivity contribution in [2.45, 2.75) is 52.0 Å². The second-order valence-electron chi connectivity index (χ2n) is 5.92. The summed E-state index contributed by atoms with van der Waals surface area (Å²) >= 11 is 0. The summed E-state index contributed by atoms with van der Waals surface area (Å²) in [6, 6.07) is 0.591. The molecule has 1 aromatic heterocycles. The van der Waals surface area contributed by atoms with Gasteiger partial charge >= 0.3 is 5.97 Å². The first-order chi connectivity index (χ1) is 9.54. The summed E-state index contributed by atoms with van der Waals surface area (Å²) in [5.74, 6) is 1.22. The van der Waals surface area contributed by atoms with Crippen molar-refractivity contribution >= 4 is 5.97 Å². The van der Waals surface area contributed by atoms with Crippen LogP contribution in [0.2, 0.25) is 0 Å². The maximum Gasteiger partial charge on any atom is 0.303 e. The van der Waals surface area contributed by atoms with E-state index in [1.54, 1.807) is 6.20 Å². The van der Waals surface area contributed by atoms with Crippen molar-refractivity contribution in [2.24, 2.45) is 5.92 Å². The highest BCUT2D eigenvalue weighted by Gasteiger charge is 2.23. The van der Waals surface area contributed by atoms with Gasteiger partial charge < -0.3 is 14.4 Å². The molecule has 2 rings (SSSR count). The van der Waals surface area contributed by atoms with Gasteiger partial charge in [-0.25, -0.2) is 4.98 Å². The van der Waals surface area contributed by atoms with Crippen molar-refractivity contribution in [3.05, 3.63) is 17.8 Å². The van der Waals surface area contributed by atoms with Gasteiger partial charge in [0.1, 0.15) is 5.76 Å². The van der Waals surface area contributed by atoms with E-state index in [1.165, 1.54) is 19.4 Å². The highest BCUT2D eigenvalue weighted by atomic mass is 16.4. The van der Waals surface area contributed by atoms with Gasteiger partial charge in [0.15, 0.2) is 5.89 Å². The first kappa shape index (κ1) is 15.0. The van der Waals surface area contributed by atoms with Gasteiger partial charge in [-0.15, -0.1) is 0 Å². The minimum Gasteiger partial charge on any atom is -0.481 e. The monoisotopic (exact) mass is 280 g/mol. The first-order valence-electron chi connectivity index (χ1n) is 7.44. The van der Waals surface area contributed by atoms with Crippen LogP contribution in [0, 0.1) is 5.92 Å². The van der Waals surface area contributed by atoms with Gasteiger partial charge in [-0.05, 0) is 39.2 Å². The van der Waals surface area contributed by atoms with Crippen LogP contribution in [0.1, 0.15) is 44.8 Å². The number of aromatic nitrogens is 1. The summed E-state index contributed by atoms with van der Waals surface area (Å²) in [6.45, 7) is 6.75. The van der Waals surface area contributed by atoms with Gasteiger partial charge in [-0.1, -0.05) is 0 Å². The van der Waals surface area contributed by atoms with Gasteiger partial charge in [0.05, 0.1) is 12.6 Å². The van der Waals surface area contributed by atoms with Gasteiger partial charge in [0, 0.05) is 25.4 Å². The fourth-order valence-electron chi connectivity index (χ4n) is 2.77. The zero-order valence-corrected chi connectivity index (χ0v) is 12.3. The third kappa shape index (κ3) is 4.34. The second kappa shape index (κ2) is 6.88. The number of carboxylic acid groups (broad SMARTS) is 1. The molecular formula is C15H24N2O3. The number of carboxylic acids is 1. The van der Waals surface area contributed by atoms with E-state index in [0.717, 1.165) is 18.9 Å². The molecule has 1 atom stereocenters. The van der Waals surface area contributed by atoms with Crippen LogP contribution in [0.5, 0.6) is 0 Å². The Morgan fingerprint density at radius 3 is 3.10 bits per heavy atom. The van der Waals surface area contributed by atoms with Crippen molar-refractivity contribution in [1.29, 1.82) is 0 Å². The lowest BCUT2D eigenvalue weighted by Crippen LogP contribution is -2.40. The van der Waals surface area contributed by atoms with Crippen molar-refractivity contribution in [1.82, 2.24) is 9.88 Å². The normalized spacial score (nSPS) is 20.4. The summed E-state index contributed by atoms with van der Waals surface area (Å²) in [6.07, 6.45) is 5.49. The number of piperidine rings is 1. The molecule has 0 radical (unpaired) electrons. The number of carbonyl (C=O) groups is 1. The van der Waals surface area contributed by atoms with Crippen molar-refractivity contribution in [3.8, 4) is 0 Å². The van der Waals surface area contributed by atoms with E-state index in [2.05, 4.69) is 23.7 Å². The largest absolute Gasteiger partial charge is 0.481 e. The van der Waals surface area contributed by atoms with Gasteiger partial charge in [0.2, 0.25) is 0 Å². The van der Waals surface area contributed by atoms with Crippen LogP contribution in [0.25, 0.3) is 0 Å². The molecule has 5 nitrogen and oxygen atoms in total. The quantitative estimate of drug-likeness (QED) is 0.866. The van der Waals surface area contributed by atoms with Crippen LogP contribution in [0.15, 0.2) is 10.6 Å². The third-order valence-electron chi connectivity index (χ3n) is 3.93. The van der Waals surface area contributed by atoms with E-state index in [9.17, 15) is 4.79 Å². The molecule has 0 bridgehead atoms. The topological polar surface area (TPSA) is 66.6 Å². The summed E-state index contributed by atoms with van der Waals surface area (Å²) in [7, 11) is 0. The Labute approximate surface area is 120 Å². The Hall–Kier alpha value is -1.36. The SMILES string of the molecule is CC(C)N1CCCC(Cc2ncc(CCC(=O)O)o2)C1. The minimum atomic E-state index is -0.803. The van der Waals surface area contributed by atoms with Gasteiger partial charge in [-0.2, -0.15) is 0 Å². The number of hydrogen-bond donors (Lipinski definition) is 1. The Bertz CT molecular complexity index is 442. The molecule has 1 aromatic rings. The van der Waals surface area contributed by atoms with Crippen LogP contribution in [0.4, 0.5) is 0 Å². The number of rotatable bonds is 6. The average Bonchev–Trinajstić information content (AvgIpc) is 2.84. The summed E-state index contributed by atoms with van der Waals surface area (Å²) in [5.41, 5.74) is 0. The molecule has 1 fully saturated rings. The second-order valence-corrected chi connectivity index (χ2v) is 5.92. The van der Waals surface area contributed by atoms with Crippen LogP contribution < -0.4 is 0 Å². The number of aryl methyl sites for hydroxylation is 1. The molecule has 1 N–H and O–H groups in total. The Morgan fingerprint density at radius 1 is 1.60 bits per heavy atom. The first-order valence-corrected chi connectivity index (χ1v) is 7.44. The number of likely N-dealkylation sites (tertiary alicyclic amines) is 1. The standard InChI is InChI=1S/C15H24N2O3/c1-11(2)17-7-3-4-12(10-17)8-14-16-9-13(20-14)5-6-15(18)19/h9,11-12H,3-8,10H2,1-2H3,(H,18,19). The maximum atomic E-state index is 10.5. The number of hydrogen-bond acceptors (Lipinski definition) is 4. The van der Waals surface area contributed by atoms with Crippen LogP contribution in [0.3, 0.4) is 0 Å². The average molecular weight is 280 g/mol. The van der Waals surface area contributed by atoms with Crippen molar-refractivity contribution < 1.29 is 14.3 Å². The lowest BCUT2D eigenvalue weighted by Gasteiger charge is -2.35. The highest BCUT2D eigenvalue weighted by molar-refractivity contribution is 5.66. The highest BCUT2D eigenvalue weighted by Crippen LogP contribution is 2.22. The molecule has 1 unspecified atom stereocenters.